The molecular weight excluding hydrogens is 240 g/mol. The normalized spacial score (nSPS) is 33.1. The Hall–Kier alpha value is -1.61. The van der Waals surface area contributed by atoms with Crippen LogP contribution in [-0.4, -0.2) is 12.1 Å². The summed E-state index contributed by atoms with van der Waals surface area (Å²) in [4.78, 5) is 11.7. The van der Waals surface area contributed by atoms with Gasteiger partial charge in [0.05, 0.1) is 18.3 Å². The van der Waals surface area contributed by atoms with Crippen LogP contribution in [-0.2, 0) is 14.3 Å². The average Bonchev–Trinajstić information content (AvgIpc) is 2.81. The van der Waals surface area contributed by atoms with E-state index >= 15 is 0 Å². The molecule has 2 aliphatic heterocycles. The molecule has 4 atom stereocenters. The van der Waals surface area contributed by atoms with Gasteiger partial charge in [0, 0.05) is 17.9 Å². The Kier molecular flexibility index (Phi) is 2.19. The van der Waals surface area contributed by atoms with Crippen LogP contribution in [0.4, 0.5) is 0 Å². The maximum absolute atomic E-state index is 11.7. The SMILES string of the molecule is CC(C)OC(=O)C=C1C2C3OC(c4ccccc43)C12. The minimum Gasteiger partial charge on any atom is -0.460 e. The Bertz CT molecular complexity index is 550. The first-order chi connectivity index (χ1) is 9.16. The molecule has 1 saturated heterocycles. The van der Waals surface area contributed by atoms with Crippen molar-refractivity contribution < 1.29 is 14.3 Å². The van der Waals surface area contributed by atoms with Crippen molar-refractivity contribution in [2.24, 2.45) is 11.8 Å². The second kappa shape index (κ2) is 3.70. The summed E-state index contributed by atoms with van der Waals surface area (Å²) in [7, 11) is 0. The van der Waals surface area contributed by atoms with E-state index in [1.54, 1.807) is 6.08 Å². The fraction of sp³-hybridized carbons (Fsp3) is 0.438. The zero-order chi connectivity index (χ0) is 13.1. The summed E-state index contributed by atoms with van der Waals surface area (Å²) < 4.78 is 11.2. The molecule has 1 aliphatic carbocycles. The number of carbonyl (C=O) groups excluding carboxylic acids is 1. The molecule has 2 fully saturated rings. The van der Waals surface area contributed by atoms with Crippen molar-refractivity contribution in [2.75, 3.05) is 0 Å². The van der Waals surface area contributed by atoms with E-state index in [2.05, 4.69) is 24.3 Å². The smallest absolute Gasteiger partial charge is 0.330 e. The monoisotopic (exact) mass is 256 g/mol. The molecule has 1 aromatic carbocycles. The first kappa shape index (κ1) is 11.2. The van der Waals surface area contributed by atoms with E-state index in [0.29, 0.717) is 11.8 Å². The molecule has 2 heterocycles. The number of hydrogen-bond acceptors (Lipinski definition) is 3. The molecule has 98 valence electrons. The van der Waals surface area contributed by atoms with Crippen molar-refractivity contribution in [2.45, 2.75) is 32.2 Å². The third-order valence-electron chi connectivity index (χ3n) is 4.24. The van der Waals surface area contributed by atoms with Crippen molar-refractivity contribution in [3.63, 3.8) is 0 Å². The molecule has 4 rings (SSSR count). The summed E-state index contributed by atoms with van der Waals surface area (Å²) in [6, 6.07) is 8.38. The maximum Gasteiger partial charge on any atom is 0.330 e. The van der Waals surface area contributed by atoms with Crippen LogP contribution in [0.15, 0.2) is 35.9 Å². The number of rotatable bonds is 2. The fourth-order valence-corrected chi connectivity index (χ4v) is 3.54. The van der Waals surface area contributed by atoms with Gasteiger partial charge in [-0.3, -0.25) is 0 Å². The lowest BCUT2D eigenvalue weighted by atomic mass is 9.92. The molecule has 3 nitrogen and oxygen atoms in total. The molecule has 1 aromatic rings. The van der Waals surface area contributed by atoms with Crippen LogP contribution < -0.4 is 0 Å². The van der Waals surface area contributed by atoms with Crippen LogP contribution in [0.25, 0.3) is 0 Å². The number of ether oxygens (including phenoxy) is 2. The molecule has 0 aromatic heterocycles. The predicted octanol–water partition coefficient (Wildman–Crippen LogP) is 2.94. The minimum absolute atomic E-state index is 0.0619. The summed E-state index contributed by atoms with van der Waals surface area (Å²) in [6.45, 7) is 3.74. The van der Waals surface area contributed by atoms with Crippen LogP contribution in [0.5, 0.6) is 0 Å². The van der Waals surface area contributed by atoms with Crippen LogP contribution in [0.2, 0.25) is 0 Å². The summed E-state index contributed by atoms with van der Waals surface area (Å²) in [6.07, 6.45) is 1.94. The highest BCUT2D eigenvalue weighted by atomic mass is 16.5. The van der Waals surface area contributed by atoms with Gasteiger partial charge < -0.3 is 9.47 Å². The Morgan fingerprint density at radius 2 is 1.79 bits per heavy atom. The van der Waals surface area contributed by atoms with Gasteiger partial charge in [0.25, 0.3) is 0 Å². The number of benzene rings is 1. The molecule has 19 heavy (non-hydrogen) atoms. The van der Waals surface area contributed by atoms with E-state index in [1.807, 2.05) is 13.8 Å². The first-order valence-corrected chi connectivity index (χ1v) is 6.83. The second-order valence-electron chi connectivity index (χ2n) is 5.79. The number of fused-ring (bicyclic) bond motifs is 8. The van der Waals surface area contributed by atoms with Crippen molar-refractivity contribution >= 4 is 5.97 Å². The van der Waals surface area contributed by atoms with E-state index in [-0.39, 0.29) is 24.3 Å². The van der Waals surface area contributed by atoms with Gasteiger partial charge in [0.2, 0.25) is 0 Å². The van der Waals surface area contributed by atoms with Crippen molar-refractivity contribution in [3.8, 4) is 0 Å². The second-order valence-corrected chi connectivity index (χ2v) is 5.79. The van der Waals surface area contributed by atoms with Crippen molar-refractivity contribution in [1.29, 1.82) is 0 Å². The largest absolute Gasteiger partial charge is 0.460 e. The third-order valence-corrected chi connectivity index (χ3v) is 4.24. The number of hydrogen-bond donors (Lipinski definition) is 0. The number of esters is 1. The maximum atomic E-state index is 11.7. The quantitative estimate of drug-likeness (QED) is 0.603. The van der Waals surface area contributed by atoms with Gasteiger partial charge in [-0.05, 0) is 30.5 Å². The van der Waals surface area contributed by atoms with Gasteiger partial charge in [0.1, 0.15) is 0 Å². The van der Waals surface area contributed by atoms with Crippen LogP contribution in [0.3, 0.4) is 0 Å². The molecule has 3 aliphatic rings. The molecule has 3 heteroatoms. The van der Waals surface area contributed by atoms with Gasteiger partial charge in [-0.25, -0.2) is 4.79 Å². The van der Waals surface area contributed by atoms with Crippen molar-refractivity contribution in [3.05, 3.63) is 47.0 Å². The van der Waals surface area contributed by atoms with Gasteiger partial charge >= 0.3 is 5.97 Å². The Labute approximate surface area is 112 Å². The Balaban J connectivity index is 1.59. The summed E-state index contributed by atoms with van der Waals surface area (Å²) in [5.74, 6) is 0.585. The molecule has 4 unspecified atom stereocenters. The zero-order valence-electron chi connectivity index (χ0n) is 11.0. The summed E-state index contributed by atoms with van der Waals surface area (Å²) in [5.41, 5.74) is 3.81. The molecular formula is C16H16O3. The highest BCUT2D eigenvalue weighted by molar-refractivity contribution is 5.84. The topological polar surface area (TPSA) is 35.5 Å². The number of carbonyl (C=O) groups is 1. The Morgan fingerprint density at radius 1 is 1.21 bits per heavy atom. The summed E-state index contributed by atoms with van der Waals surface area (Å²) >= 11 is 0. The van der Waals surface area contributed by atoms with E-state index in [1.165, 1.54) is 16.7 Å². The minimum atomic E-state index is -0.220. The fourth-order valence-electron chi connectivity index (χ4n) is 3.54. The zero-order valence-corrected chi connectivity index (χ0v) is 11.0. The van der Waals surface area contributed by atoms with Gasteiger partial charge in [-0.15, -0.1) is 0 Å². The van der Waals surface area contributed by atoms with Crippen LogP contribution >= 0.6 is 0 Å². The molecule has 2 bridgehead atoms. The van der Waals surface area contributed by atoms with E-state index in [0.717, 1.165) is 0 Å². The molecule has 0 N–H and O–H groups in total. The standard InChI is InChI=1S/C16H16O3/c1-8(2)18-12(17)7-11-13-14(11)16-10-6-4-3-5-9(10)15(13)19-16/h3-8,13-16H,1-2H3. The first-order valence-electron chi connectivity index (χ1n) is 6.83. The van der Waals surface area contributed by atoms with E-state index < -0.39 is 0 Å². The molecule has 0 radical (unpaired) electrons. The molecule has 0 spiro atoms. The highest BCUT2D eigenvalue weighted by Gasteiger charge is 2.65. The van der Waals surface area contributed by atoms with Gasteiger partial charge in [-0.2, -0.15) is 0 Å². The lowest BCUT2D eigenvalue weighted by Crippen LogP contribution is -2.08. The van der Waals surface area contributed by atoms with Crippen LogP contribution in [0.1, 0.15) is 37.2 Å². The van der Waals surface area contributed by atoms with E-state index in [4.69, 9.17) is 9.47 Å². The van der Waals surface area contributed by atoms with Crippen molar-refractivity contribution in [1.82, 2.24) is 0 Å². The molecule has 0 amide bonds. The average molecular weight is 256 g/mol. The summed E-state index contributed by atoms with van der Waals surface area (Å²) in [5, 5.41) is 0. The highest BCUT2D eigenvalue weighted by Crippen LogP contribution is 2.72. The lowest BCUT2D eigenvalue weighted by Gasteiger charge is -2.08. The van der Waals surface area contributed by atoms with Gasteiger partial charge in [0.15, 0.2) is 0 Å². The van der Waals surface area contributed by atoms with Gasteiger partial charge in [-0.1, -0.05) is 24.3 Å². The lowest BCUT2D eigenvalue weighted by molar-refractivity contribution is -0.141. The van der Waals surface area contributed by atoms with Crippen LogP contribution in [0, 0.1) is 11.8 Å². The third kappa shape index (κ3) is 1.51. The Morgan fingerprint density at radius 3 is 2.32 bits per heavy atom. The van der Waals surface area contributed by atoms with E-state index in [9.17, 15) is 4.79 Å². The predicted molar refractivity (Wildman–Crippen MR) is 69.3 cm³/mol. The molecule has 1 saturated carbocycles.